The van der Waals surface area contributed by atoms with Crippen LogP contribution in [-0.2, 0) is 0 Å². The van der Waals surface area contributed by atoms with Crippen molar-refractivity contribution in [1.29, 1.82) is 0 Å². The van der Waals surface area contributed by atoms with Crippen LogP contribution in [0.15, 0.2) is 22.7 Å². The number of rotatable bonds is 1. The third-order valence-electron chi connectivity index (χ3n) is 3.05. The fourth-order valence-electron chi connectivity index (χ4n) is 2.11. The minimum absolute atomic E-state index is 0.0845. The highest BCUT2D eigenvalue weighted by molar-refractivity contribution is 9.10. The van der Waals surface area contributed by atoms with Crippen LogP contribution in [0.4, 0.5) is 0 Å². The average molecular weight is 317 g/mol. The predicted molar refractivity (Wildman–Crippen MR) is 73.5 cm³/mol. The summed E-state index contributed by atoms with van der Waals surface area (Å²) in [5.41, 5.74) is 0.666. The van der Waals surface area contributed by atoms with Gasteiger partial charge in [0.1, 0.15) is 0 Å². The fourth-order valence-corrected chi connectivity index (χ4v) is 2.69. The Labute approximate surface area is 115 Å². The Bertz CT molecular complexity index is 414. The second-order valence-electron chi connectivity index (χ2n) is 4.33. The van der Waals surface area contributed by atoms with E-state index in [4.69, 9.17) is 11.6 Å². The van der Waals surface area contributed by atoms with Gasteiger partial charge in [-0.3, -0.25) is 4.79 Å². The summed E-state index contributed by atoms with van der Waals surface area (Å²) in [5, 5.41) is 0.603. The van der Waals surface area contributed by atoms with E-state index in [1.165, 1.54) is 12.8 Å². The number of hydrogen-bond donors (Lipinski definition) is 0. The molecule has 0 atom stereocenters. The number of halogens is 2. The van der Waals surface area contributed by atoms with Crippen molar-refractivity contribution in [3.8, 4) is 0 Å². The van der Waals surface area contributed by atoms with Gasteiger partial charge in [-0.15, -0.1) is 0 Å². The monoisotopic (exact) mass is 315 g/mol. The maximum absolute atomic E-state index is 12.4. The molecule has 1 fully saturated rings. The van der Waals surface area contributed by atoms with Crippen molar-refractivity contribution in [3.63, 3.8) is 0 Å². The number of likely N-dealkylation sites (tertiary alicyclic amines) is 1. The summed E-state index contributed by atoms with van der Waals surface area (Å²) in [6.45, 7) is 1.72. The molecule has 1 aromatic rings. The van der Waals surface area contributed by atoms with Crippen LogP contribution < -0.4 is 0 Å². The van der Waals surface area contributed by atoms with Crippen LogP contribution in [0.25, 0.3) is 0 Å². The first-order valence-electron chi connectivity index (χ1n) is 5.93. The van der Waals surface area contributed by atoms with E-state index >= 15 is 0 Å². The zero-order chi connectivity index (χ0) is 12.3. The van der Waals surface area contributed by atoms with Gasteiger partial charge in [0.15, 0.2) is 0 Å². The highest BCUT2D eigenvalue weighted by atomic mass is 79.9. The lowest BCUT2D eigenvalue weighted by Gasteiger charge is -2.21. The molecule has 0 bridgehead atoms. The van der Waals surface area contributed by atoms with Gasteiger partial charge in [0.05, 0.1) is 5.56 Å². The number of benzene rings is 1. The fraction of sp³-hybridized carbons (Fsp3) is 0.462. The smallest absolute Gasteiger partial charge is 0.255 e. The van der Waals surface area contributed by atoms with Crippen molar-refractivity contribution in [2.24, 2.45) is 0 Å². The molecule has 0 spiro atoms. The number of hydrogen-bond acceptors (Lipinski definition) is 1. The minimum atomic E-state index is 0.0845. The Kier molecular flexibility index (Phi) is 4.46. The maximum Gasteiger partial charge on any atom is 0.255 e. The third-order valence-corrected chi connectivity index (χ3v) is 3.98. The summed E-state index contributed by atoms with van der Waals surface area (Å²) in [5.74, 6) is 0.0845. The Balaban J connectivity index is 2.20. The van der Waals surface area contributed by atoms with Gasteiger partial charge < -0.3 is 4.90 Å². The van der Waals surface area contributed by atoms with Gasteiger partial charge in [-0.25, -0.2) is 0 Å². The van der Waals surface area contributed by atoms with E-state index in [2.05, 4.69) is 15.9 Å². The Morgan fingerprint density at radius 2 is 1.82 bits per heavy atom. The summed E-state index contributed by atoms with van der Waals surface area (Å²) in [6.07, 6.45) is 4.65. The highest BCUT2D eigenvalue weighted by Crippen LogP contribution is 2.23. The van der Waals surface area contributed by atoms with Gasteiger partial charge in [0.25, 0.3) is 5.91 Å². The molecule has 1 aliphatic heterocycles. The molecule has 2 rings (SSSR count). The van der Waals surface area contributed by atoms with Gasteiger partial charge in [-0.2, -0.15) is 0 Å². The molecule has 1 saturated heterocycles. The average Bonchev–Trinajstić information content (AvgIpc) is 2.60. The second kappa shape index (κ2) is 5.87. The Hall–Kier alpha value is -0.540. The van der Waals surface area contributed by atoms with Gasteiger partial charge in [0, 0.05) is 22.6 Å². The first kappa shape index (κ1) is 12.9. The van der Waals surface area contributed by atoms with Crippen LogP contribution in [0.5, 0.6) is 0 Å². The van der Waals surface area contributed by atoms with Gasteiger partial charge in [0.2, 0.25) is 0 Å². The van der Waals surface area contributed by atoms with Crippen LogP contribution >= 0.6 is 27.5 Å². The molecule has 4 heteroatoms. The summed E-state index contributed by atoms with van der Waals surface area (Å²) < 4.78 is 0.816. The van der Waals surface area contributed by atoms with E-state index in [9.17, 15) is 4.79 Å². The molecule has 2 nitrogen and oxygen atoms in total. The van der Waals surface area contributed by atoms with Gasteiger partial charge in [-0.1, -0.05) is 24.4 Å². The normalized spacial score (nSPS) is 16.7. The molecule has 1 aliphatic rings. The molecule has 0 aliphatic carbocycles. The quantitative estimate of drug-likeness (QED) is 0.763. The molecular formula is C13H15BrClNO. The van der Waals surface area contributed by atoms with Crippen LogP contribution in [0, 0.1) is 0 Å². The summed E-state index contributed by atoms with van der Waals surface area (Å²) in [7, 11) is 0. The van der Waals surface area contributed by atoms with Crippen molar-refractivity contribution in [1.82, 2.24) is 4.90 Å². The van der Waals surface area contributed by atoms with Gasteiger partial charge in [-0.05, 0) is 47.0 Å². The summed E-state index contributed by atoms with van der Waals surface area (Å²) in [4.78, 5) is 14.3. The van der Waals surface area contributed by atoms with Crippen molar-refractivity contribution < 1.29 is 4.79 Å². The topological polar surface area (TPSA) is 20.3 Å². The second-order valence-corrected chi connectivity index (χ2v) is 5.62. The van der Waals surface area contributed by atoms with Crippen LogP contribution in [0.2, 0.25) is 5.02 Å². The third kappa shape index (κ3) is 3.23. The number of amides is 1. The zero-order valence-corrected chi connectivity index (χ0v) is 11.9. The van der Waals surface area contributed by atoms with E-state index in [1.54, 1.807) is 12.1 Å². The van der Waals surface area contributed by atoms with E-state index in [0.29, 0.717) is 10.6 Å². The Morgan fingerprint density at radius 1 is 1.18 bits per heavy atom. The zero-order valence-electron chi connectivity index (χ0n) is 9.59. The standard InChI is InChI=1S/C13H15BrClNO/c14-12-6-5-10(15)9-11(12)13(17)16-7-3-1-2-4-8-16/h5-6,9H,1-4,7-8H2. The van der Waals surface area contributed by atoms with E-state index in [0.717, 1.165) is 30.4 Å². The van der Waals surface area contributed by atoms with Crippen molar-refractivity contribution >= 4 is 33.4 Å². The SMILES string of the molecule is O=C(c1cc(Cl)ccc1Br)N1CCCCCC1. The van der Waals surface area contributed by atoms with E-state index in [1.807, 2.05) is 11.0 Å². The first-order chi connectivity index (χ1) is 8.18. The lowest BCUT2D eigenvalue weighted by molar-refractivity contribution is 0.0761. The lowest BCUT2D eigenvalue weighted by atomic mass is 10.2. The molecule has 1 amide bonds. The number of carbonyl (C=O) groups excluding carboxylic acids is 1. The van der Waals surface area contributed by atoms with Crippen molar-refractivity contribution in [2.45, 2.75) is 25.7 Å². The van der Waals surface area contributed by atoms with Crippen molar-refractivity contribution in [2.75, 3.05) is 13.1 Å². The summed E-state index contributed by atoms with van der Waals surface area (Å²) in [6, 6.07) is 5.34. The maximum atomic E-state index is 12.4. The highest BCUT2D eigenvalue weighted by Gasteiger charge is 2.19. The molecule has 0 unspecified atom stereocenters. The molecular weight excluding hydrogens is 302 g/mol. The molecule has 92 valence electrons. The largest absolute Gasteiger partial charge is 0.339 e. The van der Waals surface area contributed by atoms with E-state index < -0.39 is 0 Å². The molecule has 0 radical (unpaired) electrons. The van der Waals surface area contributed by atoms with Crippen LogP contribution in [-0.4, -0.2) is 23.9 Å². The molecule has 1 heterocycles. The summed E-state index contributed by atoms with van der Waals surface area (Å²) >= 11 is 9.35. The van der Waals surface area contributed by atoms with E-state index in [-0.39, 0.29) is 5.91 Å². The van der Waals surface area contributed by atoms with Crippen LogP contribution in [0.3, 0.4) is 0 Å². The molecule has 0 saturated carbocycles. The lowest BCUT2D eigenvalue weighted by Crippen LogP contribution is -2.32. The minimum Gasteiger partial charge on any atom is -0.339 e. The van der Waals surface area contributed by atoms with Gasteiger partial charge >= 0.3 is 0 Å². The molecule has 0 N–H and O–H groups in total. The van der Waals surface area contributed by atoms with Crippen molar-refractivity contribution in [3.05, 3.63) is 33.3 Å². The van der Waals surface area contributed by atoms with Crippen LogP contribution in [0.1, 0.15) is 36.0 Å². The molecule has 17 heavy (non-hydrogen) atoms. The molecule has 1 aromatic carbocycles. The number of carbonyl (C=O) groups is 1. The number of nitrogens with zero attached hydrogens (tertiary/aromatic N) is 1. The molecule has 0 aromatic heterocycles. The first-order valence-corrected chi connectivity index (χ1v) is 7.10. The predicted octanol–water partition coefficient (Wildman–Crippen LogP) is 4.12. The Morgan fingerprint density at radius 3 is 2.47 bits per heavy atom.